The van der Waals surface area contributed by atoms with Crippen molar-refractivity contribution in [3.05, 3.63) is 0 Å². The molecule has 1 saturated heterocycles. The van der Waals surface area contributed by atoms with Crippen LogP contribution in [0.4, 0.5) is 0 Å². The quantitative estimate of drug-likeness (QED) is 0.803. The minimum atomic E-state index is 0.276. The molecule has 1 rings (SSSR count). The molecule has 0 amide bonds. The first-order valence-electron chi connectivity index (χ1n) is 5.98. The van der Waals surface area contributed by atoms with Gasteiger partial charge in [0.05, 0.1) is 12.7 Å². The zero-order valence-corrected chi connectivity index (χ0v) is 11.3. The van der Waals surface area contributed by atoms with Gasteiger partial charge in [-0.15, -0.1) is 0 Å². The summed E-state index contributed by atoms with van der Waals surface area (Å²) in [6, 6.07) is 0.477. The molecule has 1 N–H and O–H groups in total. The number of rotatable bonds is 4. The van der Waals surface area contributed by atoms with Crippen LogP contribution < -0.4 is 5.32 Å². The monoisotopic (exact) mass is 231 g/mol. The summed E-state index contributed by atoms with van der Waals surface area (Å²) in [4.78, 5) is 0. The van der Waals surface area contributed by atoms with Crippen molar-refractivity contribution in [2.24, 2.45) is 5.41 Å². The maximum Gasteiger partial charge on any atom is 0.0823 e. The van der Waals surface area contributed by atoms with Gasteiger partial charge in [0.25, 0.3) is 0 Å². The Bertz CT molecular complexity index is 173. The van der Waals surface area contributed by atoms with Crippen LogP contribution in [0.15, 0.2) is 0 Å². The van der Waals surface area contributed by atoms with E-state index in [2.05, 4.69) is 33.0 Å². The van der Waals surface area contributed by atoms with Crippen LogP contribution in [0, 0.1) is 5.41 Å². The molecule has 0 bridgehead atoms. The summed E-state index contributed by atoms with van der Waals surface area (Å²) in [5.74, 6) is 2.29. The third-order valence-electron chi connectivity index (χ3n) is 2.76. The van der Waals surface area contributed by atoms with E-state index >= 15 is 0 Å². The van der Waals surface area contributed by atoms with E-state index in [4.69, 9.17) is 4.74 Å². The maximum absolute atomic E-state index is 5.88. The summed E-state index contributed by atoms with van der Waals surface area (Å²) in [5.41, 5.74) is 0.276. The Morgan fingerprint density at radius 2 is 2.20 bits per heavy atom. The molecule has 1 aliphatic heterocycles. The first-order chi connectivity index (χ1) is 7.05. The van der Waals surface area contributed by atoms with Gasteiger partial charge in [0, 0.05) is 17.5 Å². The number of hydrogen-bond acceptors (Lipinski definition) is 3. The fraction of sp³-hybridized carbons (Fsp3) is 1.00. The van der Waals surface area contributed by atoms with Crippen LogP contribution in [0.2, 0.25) is 0 Å². The van der Waals surface area contributed by atoms with Gasteiger partial charge in [-0.05, 0) is 18.4 Å². The first-order valence-corrected chi connectivity index (χ1v) is 7.14. The Morgan fingerprint density at radius 1 is 1.47 bits per heavy atom. The van der Waals surface area contributed by atoms with E-state index in [1.54, 1.807) is 0 Å². The van der Waals surface area contributed by atoms with Crippen LogP contribution in [0.25, 0.3) is 0 Å². The minimum absolute atomic E-state index is 0.276. The molecule has 0 saturated carbocycles. The lowest BCUT2D eigenvalue weighted by molar-refractivity contribution is 0.0145. The largest absolute Gasteiger partial charge is 0.375 e. The van der Waals surface area contributed by atoms with Gasteiger partial charge in [-0.3, -0.25) is 0 Å². The summed E-state index contributed by atoms with van der Waals surface area (Å²) < 4.78 is 5.88. The smallest absolute Gasteiger partial charge is 0.0823 e. The highest BCUT2D eigenvalue weighted by Crippen LogP contribution is 2.27. The fourth-order valence-corrected chi connectivity index (χ4v) is 2.90. The van der Waals surface area contributed by atoms with Crippen molar-refractivity contribution in [1.29, 1.82) is 0 Å². The van der Waals surface area contributed by atoms with Crippen LogP contribution in [-0.2, 0) is 4.74 Å². The second-order valence-electron chi connectivity index (χ2n) is 5.28. The molecule has 2 unspecified atom stereocenters. The molecule has 1 heterocycles. The van der Waals surface area contributed by atoms with Crippen molar-refractivity contribution in [2.75, 3.05) is 24.7 Å². The lowest BCUT2D eigenvalue weighted by Gasteiger charge is -2.39. The van der Waals surface area contributed by atoms with Gasteiger partial charge in [-0.2, -0.15) is 11.8 Å². The topological polar surface area (TPSA) is 21.3 Å². The normalized spacial score (nSPS) is 25.2. The maximum atomic E-state index is 5.88. The molecule has 2 nitrogen and oxygen atoms in total. The van der Waals surface area contributed by atoms with Crippen molar-refractivity contribution in [1.82, 2.24) is 5.32 Å². The van der Waals surface area contributed by atoms with Crippen LogP contribution in [-0.4, -0.2) is 36.8 Å². The molecular weight excluding hydrogens is 206 g/mol. The molecule has 0 aliphatic carbocycles. The van der Waals surface area contributed by atoms with Crippen molar-refractivity contribution >= 4 is 11.8 Å². The Morgan fingerprint density at radius 3 is 2.67 bits per heavy atom. The zero-order valence-electron chi connectivity index (χ0n) is 10.5. The molecule has 0 aromatic carbocycles. The standard InChI is InChI=1S/C12H25NOS/c1-5-6-13-11(12(2,3)4)10-9-15-8-7-14-10/h10-11,13H,5-9H2,1-4H3. The van der Waals surface area contributed by atoms with Crippen LogP contribution in [0.1, 0.15) is 34.1 Å². The van der Waals surface area contributed by atoms with Gasteiger partial charge in [-0.1, -0.05) is 27.7 Å². The number of nitrogens with one attached hydrogen (secondary N) is 1. The van der Waals surface area contributed by atoms with E-state index in [1.807, 2.05) is 11.8 Å². The third kappa shape index (κ3) is 4.33. The van der Waals surface area contributed by atoms with Gasteiger partial charge in [0.1, 0.15) is 0 Å². The first kappa shape index (κ1) is 13.3. The second kappa shape index (κ2) is 6.12. The van der Waals surface area contributed by atoms with Gasteiger partial charge in [-0.25, -0.2) is 0 Å². The predicted octanol–water partition coefficient (Wildman–Crippen LogP) is 2.53. The van der Waals surface area contributed by atoms with E-state index in [1.165, 1.54) is 6.42 Å². The van der Waals surface area contributed by atoms with Crippen molar-refractivity contribution in [3.8, 4) is 0 Å². The Kier molecular flexibility index (Phi) is 5.44. The Hall–Kier alpha value is 0.270. The number of hydrogen-bond donors (Lipinski definition) is 1. The van der Waals surface area contributed by atoms with Crippen molar-refractivity contribution < 1.29 is 4.74 Å². The van der Waals surface area contributed by atoms with E-state index in [-0.39, 0.29) is 5.41 Å². The molecular formula is C12H25NOS. The highest BCUT2D eigenvalue weighted by atomic mass is 32.2. The molecule has 2 atom stereocenters. The summed E-state index contributed by atoms with van der Waals surface area (Å²) in [6.07, 6.45) is 1.57. The number of thioether (sulfide) groups is 1. The molecule has 90 valence electrons. The lowest BCUT2D eigenvalue weighted by atomic mass is 9.83. The van der Waals surface area contributed by atoms with Crippen molar-refractivity contribution in [2.45, 2.75) is 46.3 Å². The van der Waals surface area contributed by atoms with Crippen molar-refractivity contribution in [3.63, 3.8) is 0 Å². The molecule has 1 aliphatic rings. The highest BCUT2D eigenvalue weighted by Gasteiger charge is 2.33. The van der Waals surface area contributed by atoms with Crippen LogP contribution in [0.3, 0.4) is 0 Å². The van der Waals surface area contributed by atoms with Gasteiger partial charge in [0.15, 0.2) is 0 Å². The molecule has 0 aromatic rings. The molecule has 3 heteroatoms. The molecule has 15 heavy (non-hydrogen) atoms. The molecule has 1 fully saturated rings. The highest BCUT2D eigenvalue weighted by molar-refractivity contribution is 7.99. The lowest BCUT2D eigenvalue weighted by Crippen LogP contribution is -2.52. The van der Waals surface area contributed by atoms with Gasteiger partial charge >= 0.3 is 0 Å². The van der Waals surface area contributed by atoms with Crippen LogP contribution >= 0.6 is 11.8 Å². The Labute approximate surface area is 98.5 Å². The molecule has 0 radical (unpaired) electrons. The zero-order chi connectivity index (χ0) is 11.3. The van der Waals surface area contributed by atoms with E-state index in [9.17, 15) is 0 Å². The fourth-order valence-electron chi connectivity index (χ4n) is 1.99. The average Bonchev–Trinajstić information content (AvgIpc) is 2.18. The van der Waals surface area contributed by atoms with E-state index in [0.717, 1.165) is 24.7 Å². The summed E-state index contributed by atoms with van der Waals surface area (Å²) in [6.45, 7) is 11.1. The minimum Gasteiger partial charge on any atom is -0.375 e. The third-order valence-corrected chi connectivity index (χ3v) is 3.78. The number of ether oxygens (including phenoxy) is 1. The SMILES string of the molecule is CCCNC(C1CSCCO1)C(C)(C)C. The van der Waals surface area contributed by atoms with E-state index in [0.29, 0.717) is 12.1 Å². The average molecular weight is 231 g/mol. The molecule has 0 aromatic heterocycles. The summed E-state index contributed by atoms with van der Waals surface area (Å²) in [7, 11) is 0. The van der Waals surface area contributed by atoms with E-state index < -0.39 is 0 Å². The second-order valence-corrected chi connectivity index (χ2v) is 6.43. The predicted molar refractivity (Wildman–Crippen MR) is 68.6 cm³/mol. The Balaban J connectivity index is 2.53. The van der Waals surface area contributed by atoms with Gasteiger partial charge in [0.2, 0.25) is 0 Å². The summed E-state index contributed by atoms with van der Waals surface area (Å²) >= 11 is 2.02. The van der Waals surface area contributed by atoms with Gasteiger partial charge < -0.3 is 10.1 Å². The van der Waals surface area contributed by atoms with Crippen LogP contribution in [0.5, 0.6) is 0 Å². The molecule has 0 spiro atoms. The summed E-state index contributed by atoms with van der Waals surface area (Å²) in [5, 5.41) is 3.64.